The Labute approximate surface area is 175 Å². The van der Waals surface area contributed by atoms with Gasteiger partial charge in [0.15, 0.2) is 0 Å². The molecule has 0 atom stereocenters. The highest BCUT2D eigenvalue weighted by atomic mass is 19.1. The van der Waals surface area contributed by atoms with Gasteiger partial charge in [-0.15, -0.1) is 0 Å². The predicted octanol–water partition coefficient (Wildman–Crippen LogP) is 5.12. The van der Waals surface area contributed by atoms with Gasteiger partial charge < -0.3 is 14.9 Å². The highest BCUT2D eigenvalue weighted by Gasteiger charge is 2.16. The van der Waals surface area contributed by atoms with Crippen LogP contribution in [-0.4, -0.2) is 32.6 Å². The lowest BCUT2D eigenvalue weighted by molar-refractivity contribution is 0.340. The second-order valence-corrected chi connectivity index (χ2v) is 8.53. The quantitative estimate of drug-likeness (QED) is 0.485. The van der Waals surface area contributed by atoms with E-state index in [1.165, 1.54) is 37.3 Å². The molecule has 0 amide bonds. The molecular formula is C24H28FN5. The number of hydrogen-bond acceptors (Lipinski definition) is 3. The van der Waals surface area contributed by atoms with Gasteiger partial charge in [0.2, 0.25) is 0 Å². The van der Waals surface area contributed by atoms with Crippen molar-refractivity contribution in [2.75, 3.05) is 13.1 Å². The van der Waals surface area contributed by atoms with Crippen LogP contribution >= 0.6 is 0 Å². The molecule has 0 saturated carbocycles. The first-order valence-electron chi connectivity index (χ1n) is 10.9. The molecule has 3 heterocycles. The van der Waals surface area contributed by atoms with Crippen LogP contribution in [0.1, 0.15) is 36.8 Å². The molecule has 0 radical (unpaired) electrons. The van der Waals surface area contributed by atoms with Crippen molar-refractivity contribution in [3.05, 3.63) is 47.5 Å². The van der Waals surface area contributed by atoms with E-state index in [4.69, 9.17) is 4.98 Å². The summed E-state index contributed by atoms with van der Waals surface area (Å²) >= 11 is 0. The topological polar surface area (TPSA) is 58.5 Å². The van der Waals surface area contributed by atoms with Crippen LogP contribution in [0.3, 0.4) is 0 Å². The molecule has 6 heteroatoms. The SMILES string of the molecule is Cc1c(F)ccc2[nH]c(-c3ccc4c(ncn4CCCC4CCNCC4)c3C)nc12. The van der Waals surface area contributed by atoms with Crippen molar-refractivity contribution < 1.29 is 4.39 Å². The summed E-state index contributed by atoms with van der Waals surface area (Å²) in [6.45, 7) is 7.18. The number of fused-ring (bicyclic) bond motifs is 2. The normalized spacial score (nSPS) is 15.4. The maximum absolute atomic E-state index is 13.9. The Bertz CT molecular complexity index is 1200. The predicted molar refractivity (Wildman–Crippen MR) is 119 cm³/mol. The number of benzene rings is 2. The lowest BCUT2D eigenvalue weighted by atomic mass is 9.93. The Morgan fingerprint density at radius 2 is 1.90 bits per heavy atom. The van der Waals surface area contributed by atoms with Gasteiger partial charge in [0.25, 0.3) is 0 Å². The second kappa shape index (κ2) is 7.84. The average Bonchev–Trinajstić information content (AvgIpc) is 3.37. The summed E-state index contributed by atoms with van der Waals surface area (Å²) in [5.74, 6) is 1.39. The van der Waals surface area contributed by atoms with E-state index in [0.717, 1.165) is 53.5 Å². The third kappa shape index (κ3) is 3.39. The standard InChI is InChI=1S/C24H28FN5/c1-15-18(24-28-20-7-6-19(25)16(2)22(20)29-24)5-8-21-23(15)27-14-30(21)13-3-4-17-9-11-26-12-10-17/h5-8,14,17,26H,3-4,9-13H2,1-2H3,(H,28,29). The molecule has 2 aromatic heterocycles. The number of hydrogen-bond donors (Lipinski definition) is 2. The van der Waals surface area contributed by atoms with Gasteiger partial charge in [0.05, 0.1) is 28.4 Å². The lowest BCUT2D eigenvalue weighted by Crippen LogP contribution is -2.27. The number of halogens is 1. The molecule has 0 aliphatic carbocycles. The van der Waals surface area contributed by atoms with Gasteiger partial charge >= 0.3 is 0 Å². The highest BCUT2D eigenvalue weighted by Crippen LogP contribution is 2.30. The highest BCUT2D eigenvalue weighted by molar-refractivity contribution is 5.88. The molecule has 2 N–H and O–H groups in total. The third-order valence-electron chi connectivity index (χ3n) is 6.61. The number of aromatic nitrogens is 4. The minimum Gasteiger partial charge on any atom is -0.338 e. The first-order chi connectivity index (χ1) is 14.6. The minimum atomic E-state index is -0.226. The molecule has 1 aliphatic heterocycles. The maximum atomic E-state index is 13.9. The summed E-state index contributed by atoms with van der Waals surface area (Å²) in [6.07, 6.45) is 7.03. The van der Waals surface area contributed by atoms with E-state index in [1.54, 1.807) is 13.0 Å². The second-order valence-electron chi connectivity index (χ2n) is 8.53. The fourth-order valence-electron chi connectivity index (χ4n) is 4.74. The summed E-state index contributed by atoms with van der Waals surface area (Å²) in [5.41, 5.74) is 6.41. The van der Waals surface area contributed by atoms with Crippen molar-refractivity contribution in [1.29, 1.82) is 0 Å². The van der Waals surface area contributed by atoms with Gasteiger partial charge in [0, 0.05) is 17.7 Å². The van der Waals surface area contributed by atoms with E-state index in [0.29, 0.717) is 11.1 Å². The fraction of sp³-hybridized carbons (Fsp3) is 0.417. The number of aromatic amines is 1. The monoisotopic (exact) mass is 405 g/mol. The zero-order valence-electron chi connectivity index (χ0n) is 17.6. The number of imidazole rings is 2. The van der Waals surface area contributed by atoms with Crippen LogP contribution < -0.4 is 5.32 Å². The lowest BCUT2D eigenvalue weighted by Gasteiger charge is -2.22. The maximum Gasteiger partial charge on any atom is 0.138 e. The minimum absolute atomic E-state index is 0.226. The van der Waals surface area contributed by atoms with Crippen LogP contribution in [0, 0.1) is 25.6 Å². The van der Waals surface area contributed by atoms with Crippen molar-refractivity contribution in [2.45, 2.75) is 46.1 Å². The van der Waals surface area contributed by atoms with Gasteiger partial charge in [0.1, 0.15) is 11.6 Å². The first-order valence-corrected chi connectivity index (χ1v) is 10.9. The Kier molecular flexibility index (Phi) is 5.03. The third-order valence-corrected chi connectivity index (χ3v) is 6.61. The van der Waals surface area contributed by atoms with E-state index in [1.807, 2.05) is 6.33 Å². The average molecular weight is 406 g/mol. The van der Waals surface area contributed by atoms with Crippen LogP contribution in [0.25, 0.3) is 33.5 Å². The van der Waals surface area contributed by atoms with Crippen molar-refractivity contribution in [1.82, 2.24) is 24.8 Å². The summed E-state index contributed by atoms with van der Waals surface area (Å²) < 4.78 is 16.2. The molecule has 4 aromatic rings. The van der Waals surface area contributed by atoms with E-state index in [-0.39, 0.29) is 5.82 Å². The van der Waals surface area contributed by atoms with Crippen molar-refractivity contribution in [2.24, 2.45) is 5.92 Å². The van der Waals surface area contributed by atoms with Gasteiger partial charge in [-0.3, -0.25) is 0 Å². The fourth-order valence-corrected chi connectivity index (χ4v) is 4.74. The summed E-state index contributed by atoms with van der Waals surface area (Å²) in [5, 5.41) is 3.44. The zero-order valence-corrected chi connectivity index (χ0v) is 17.6. The van der Waals surface area contributed by atoms with Crippen LogP contribution in [0.15, 0.2) is 30.6 Å². The number of piperidine rings is 1. The van der Waals surface area contributed by atoms with E-state index >= 15 is 0 Å². The Balaban J connectivity index is 1.40. The Morgan fingerprint density at radius 3 is 2.73 bits per heavy atom. The smallest absolute Gasteiger partial charge is 0.138 e. The number of aryl methyl sites for hydroxylation is 3. The van der Waals surface area contributed by atoms with Gasteiger partial charge in [-0.1, -0.05) is 0 Å². The number of H-pyrrole nitrogens is 1. The number of rotatable bonds is 5. The summed E-state index contributed by atoms with van der Waals surface area (Å²) in [7, 11) is 0. The van der Waals surface area contributed by atoms with Crippen LogP contribution in [0.4, 0.5) is 4.39 Å². The molecule has 5 rings (SSSR count). The number of nitrogens with zero attached hydrogens (tertiary/aromatic N) is 3. The molecule has 0 spiro atoms. The molecule has 30 heavy (non-hydrogen) atoms. The van der Waals surface area contributed by atoms with E-state index in [2.05, 4.69) is 38.9 Å². The van der Waals surface area contributed by atoms with Gasteiger partial charge in [-0.25, -0.2) is 14.4 Å². The molecule has 5 nitrogen and oxygen atoms in total. The first kappa shape index (κ1) is 19.2. The number of nitrogens with one attached hydrogen (secondary N) is 2. The van der Waals surface area contributed by atoms with E-state index in [9.17, 15) is 4.39 Å². The van der Waals surface area contributed by atoms with Gasteiger partial charge in [-0.05, 0) is 88.4 Å². The van der Waals surface area contributed by atoms with Crippen LogP contribution in [0.2, 0.25) is 0 Å². The molecule has 0 unspecified atom stereocenters. The van der Waals surface area contributed by atoms with Crippen molar-refractivity contribution in [3.8, 4) is 11.4 Å². The molecule has 2 aromatic carbocycles. The zero-order chi connectivity index (χ0) is 20.7. The van der Waals surface area contributed by atoms with E-state index < -0.39 is 0 Å². The molecule has 156 valence electrons. The molecular weight excluding hydrogens is 377 g/mol. The van der Waals surface area contributed by atoms with Crippen molar-refractivity contribution >= 4 is 22.1 Å². The largest absolute Gasteiger partial charge is 0.338 e. The Morgan fingerprint density at radius 1 is 1.07 bits per heavy atom. The molecule has 0 bridgehead atoms. The van der Waals surface area contributed by atoms with Crippen molar-refractivity contribution in [3.63, 3.8) is 0 Å². The molecule has 1 fully saturated rings. The Hall–Kier alpha value is -2.73. The summed E-state index contributed by atoms with van der Waals surface area (Å²) in [4.78, 5) is 12.7. The molecule has 1 saturated heterocycles. The summed E-state index contributed by atoms with van der Waals surface area (Å²) in [6, 6.07) is 7.47. The van der Waals surface area contributed by atoms with Crippen LogP contribution in [-0.2, 0) is 6.54 Å². The van der Waals surface area contributed by atoms with Gasteiger partial charge in [-0.2, -0.15) is 0 Å². The molecule has 1 aliphatic rings. The van der Waals surface area contributed by atoms with Crippen LogP contribution in [0.5, 0.6) is 0 Å².